The molecule has 0 aliphatic rings. The molecule has 0 amide bonds. The Balaban J connectivity index is 0. The third kappa shape index (κ3) is 29.8. The summed E-state index contributed by atoms with van der Waals surface area (Å²) in [5, 5.41) is 0. The standard InChI is InChI=1S/C26H56N.CH4O4S/c1-6-9-10-11-12-13-14-15-16-17-18-19-20-21-22-23-24-27(4,5)25-26(7-2)8-3;1-5-6(2,3)4/h26H,6-25H2,1-5H3;1H3,(H,2,3,4)/q+1;/p-1. The summed E-state index contributed by atoms with van der Waals surface area (Å²) in [4.78, 5) is 0. The van der Waals surface area contributed by atoms with Gasteiger partial charge >= 0.3 is 0 Å². The number of quaternary nitrogens is 1. The van der Waals surface area contributed by atoms with Crippen LogP contribution in [0.15, 0.2) is 0 Å². The van der Waals surface area contributed by atoms with E-state index >= 15 is 0 Å². The maximum absolute atomic E-state index is 9.22. The zero-order valence-electron chi connectivity index (χ0n) is 23.2. The van der Waals surface area contributed by atoms with Gasteiger partial charge in [-0.2, -0.15) is 0 Å². The van der Waals surface area contributed by atoms with Crippen molar-refractivity contribution in [2.24, 2.45) is 5.92 Å². The second-order valence-corrected chi connectivity index (χ2v) is 11.6. The molecule has 33 heavy (non-hydrogen) atoms. The molecule has 0 radical (unpaired) electrons. The average Bonchev–Trinajstić information content (AvgIpc) is 2.77. The number of unbranched alkanes of at least 4 members (excludes halogenated alkanes) is 15. The van der Waals surface area contributed by atoms with Gasteiger partial charge < -0.3 is 9.04 Å². The summed E-state index contributed by atoms with van der Waals surface area (Å²) >= 11 is 0. The lowest BCUT2D eigenvalue weighted by Gasteiger charge is -2.33. The minimum Gasteiger partial charge on any atom is -0.726 e. The molecule has 0 saturated heterocycles. The van der Waals surface area contributed by atoms with Gasteiger partial charge in [-0.05, 0) is 25.7 Å². The third-order valence-electron chi connectivity index (χ3n) is 6.73. The quantitative estimate of drug-likeness (QED) is 0.0666. The van der Waals surface area contributed by atoms with Crippen molar-refractivity contribution in [1.82, 2.24) is 0 Å². The first-order chi connectivity index (χ1) is 15.6. The highest BCUT2D eigenvalue weighted by atomic mass is 32.3. The van der Waals surface area contributed by atoms with Crippen LogP contribution in [0.1, 0.15) is 136 Å². The van der Waals surface area contributed by atoms with Crippen molar-refractivity contribution in [2.75, 3.05) is 34.3 Å². The van der Waals surface area contributed by atoms with Gasteiger partial charge in [0.05, 0.1) is 34.3 Å². The fourth-order valence-corrected chi connectivity index (χ4v) is 4.43. The van der Waals surface area contributed by atoms with Gasteiger partial charge in [0.2, 0.25) is 10.4 Å². The lowest BCUT2D eigenvalue weighted by atomic mass is 10.0. The highest BCUT2D eigenvalue weighted by molar-refractivity contribution is 7.80. The molecule has 0 bridgehead atoms. The molecule has 0 fully saturated rings. The minimum atomic E-state index is -4.41. The first kappa shape index (κ1) is 35.0. The van der Waals surface area contributed by atoms with E-state index in [4.69, 9.17) is 0 Å². The first-order valence-corrected chi connectivity index (χ1v) is 15.3. The van der Waals surface area contributed by atoms with Gasteiger partial charge in [-0.3, -0.25) is 4.18 Å². The molecule has 0 saturated carbocycles. The highest BCUT2D eigenvalue weighted by Gasteiger charge is 2.19. The summed E-state index contributed by atoms with van der Waals surface area (Å²) in [5.74, 6) is 0.918. The van der Waals surface area contributed by atoms with Crippen LogP contribution in [-0.2, 0) is 14.6 Å². The number of rotatable bonds is 22. The van der Waals surface area contributed by atoms with E-state index in [2.05, 4.69) is 39.0 Å². The monoisotopic (exact) mass is 493 g/mol. The van der Waals surface area contributed by atoms with Gasteiger partial charge in [0.15, 0.2) is 0 Å². The Morgan fingerprint density at radius 3 is 1.24 bits per heavy atom. The van der Waals surface area contributed by atoms with Crippen LogP contribution in [0.5, 0.6) is 0 Å². The van der Waals surface area contributed by atoms with Crippen molar-refractivity contribution in [3.8, 4) is 0 Å². The summed E-state index contributed by atoms with van der Waals surface area (Å²) in [6.07, 6.45) is 26.1. The van der Waals surface area contributed by atoms with Crippen LogP contribution >= 0.6 is 0 Å². The molecule has 0 N–H and O–H groups in total. The van der Waals surface area contributed by atoms with Crippen molar-refractivity contribution < 1.29 is 21.6 Å². The highest BCUT2D eigenvalue weighted by Crippen LogP contribution is 2.16. The van der Waals surface area contributed by atoms with Gasteiger partial charge in [-0.25, -0.2) is 8.42 Å². The van der Waals surface area contributed by atoms with E-state index in [9.17, 15) is 13.0 Å². The summed E-state index contributed by atoms with van der Waals surface area (Å²) in [6.45, 7) is 9.74. The van der Waals surface area contributed by atoms with E-state index < -0.39 is 10.4 Å². The molecule has 6 heteroatoms. The molecule has 0 heterocycles. The molecular weight excluding hydrogens is 434 g/mol. The average molecular weight is 494 g/mol. The summed E-state index contributed by atoms with van der Waals surface area (Å²) in [7, 11) is 1.26. The van der Waals surface area contributed by atoms with Gasteiger partial charge in [0.25, 0.3) is 0 Å². The Morgan fingerprint density at radius 1 is 0.667 bits per heavy atom. The van der Waals surface area contributed by atoms with Gasteiger partial charge in [-0.15, -0.1) is 0 Å². The maximum Gasteiger partial charge on any atom is 0.217 e. The van der Waals surface area contributed by atoms with Gasteiger partial charge in [-0.1, -0.05) is 111 Å². The Labute approximate surface area is 208 Å². The Bertz CT molecular complexity index is 490. The second-order valence-electron chi connectivity index (χ2n) is 10.4. The van der Waals surface area contributed by atoms with Crippen LogP contribution in [0, 0.1) is 5.92 Å². The topological polar surface area (TPSA) is 66.4 Å². The molecule has 0 rings (SSSR count). The van der Waals surface area contributed by atoms with Crippen LogP contribution in [0.2, 0.25) is 0 Å². The van der Waals surface area contributed by atoms with Crippen LogP contribution in [0.25, 0.3) is 0 Å². The molecule has 0 aromatic rings. The number of nitrogens with zero attached hydrogens (tertiary/aromatic N) is 1. The molecule has 0 aromatic carbocycles. The van der Waals surface area contributed by atoms with Crippen molar-refractivity contribution in [1.29, 1.82) is 0 Å². The lowest BCUT2D eigenvalue weighted by molar-refractivity contribution is -0.894. The predicted octanol–water partition coefficient (Wildman–Crippen LogP) is 7.85. The number of hydrogen-bond donors (Lipinski definition) is 0. The molecular formula is C27H59NO4S. The molecule has 0 aliphatic heterocycles. The van der Waals surface area contributed by atoms with E-state index in [0.29, 0.717) is 0 Å². The molecule has 202 valence electrons. The summed E-state index contributed by atoms with van der Waals surface area (Å²) in [6, 6.07) is 0. The molecule has 0 spiro atoms. The lowest BCUT2D eigenvalue weighted by Crippen LogP contribution is -2.44. The van der Waals surface area contributed by atoms with Crippen LogP contribution in [-0.4, -0.2) is 51.7 Å². The molecule has 0 unspecified atom stereocenters. The SMILES string of the molecule is CCCCCCCCCCCCCCCCCC[N+](C)(C)CC(CC)CC.COS(=O)(=O)[O-]. The fourth-order valence-electron chi connectivity index (χ4n) is 4.43. The van der Waals surface area contributed by atoms with Crippen molar-refractivity contribution in [2.45, 2.75) is 136 Å². The van der Waals surface area contributed by atoms with E-state index in [1.54, 1.807) is 0 Å². The van der Waals surface area contributed by atoms with Crippen molar-refractivity contribution in [3.05, 3.63) is 0 Å². The Morgan fingerprint density at radius 2 is 0.970 bits per heavy atom. The maximum atomic E-state index is 9.22. The van der Waals surface area contributed by atoms with E-state index in [-0.39, 0.29) is 0 Å². The van der Waals surface area contributed by atoms with Crippen LogP contribution in [0.4, 0.5) is 0 Å². The molecule has 0 aliphatic carbocycles. The van der Waals surface area contributed by atoms with Gasteiger partial charge in [0.1, 0.15) is 0 Å². The smallest absolute Gasteiger partial charge is 0.217 e. The summed E-state index contributed by atoms with van der Waals surface area (Å²) < 4.78 is 32.2. The minimum absolute atomic E-state index is 0.808. The number of hydrogen-bond acceptors (Lipinski definition) is 4. The second kappa shape index (κ2) is 23.6. The van der Waals surface area contributed by atoms with E-state index in [1.807, 2.05) is 0 Å². The normalized spacial score (nSPS) is 12.1. The Hall–Kier alpha value is -0.170. The fraction of sp³-hybridized carbons (Fsp3) is 1.00. The molecule has 5 nitrogen and oxygen atoms in total. The van der Waals surface area contributed by atoms with Gasteiger partial charge in [0, 0.05) is 5.92 Å². The largest absolute Gasteiger partial charge is 0.726 e. The van der Waals surface area contributed by atoms with Crippen molar-refractivity contribution >= 4 is 10.4 Å². The summed E-state index contributed by atoms with van der Waals surface area (Å²) in [5.41, 5.74) is 0. The van der Waals surface area contributed by atoms with Crippen LogP contribution in [0.3, 0.4) is 0 Å². The first-order valence-electron chi connectivity index (χ1n) is 13.9. The van der Waals surface area contributed by atoms with Crippen LogP contribution < -0.4 is 0 Å². The zero-order valence-corrected chi connectivity index (χ0v) is 24.0. The Kier molecular flexibility index (Phi) is 25.0. The zero-order chi connectivity index (χ0) is 25.4. The third-order valence-corrected chi connectivity index (χ3v) is 7.14. The van der Waals surface area contributed by atoms with E-state index in [0.717, 1.165) is 13.0 Å². The molecule has 0 aromatic heterocycles. The van der Waals surface area contributed by atoms with E-state index in [1.165, 1.54) is 133 Å². The van der Waals surface area contributed by atoms with Crippen molar-refractivity contribution in [3.63, 3.8) is 0 Å². The predicted molar refractivity (Wildman–Crippen MR) is 142 cm³/mol. The molecule has 0 atom stereocenters.